The fourth-order valence-corrected chi connectivity index (χ4v) is 2.80. The normalized spacial score (nSPS) is 10.8. The van der Waals surface area contributed by atoms with Crippen molar-refractivity contribution < 1.29 is 0 Å². The van der Waals surface area contributed by atoms with E-state index in [9.17, 15) is 0 Å². The number of hydrogen-bond acceptors (Lipinski definition) is 1. The summed E-state index contributed by atoms with van der Waals surface area (Å²) in [7, 11) is 0. The Morgan fingerprint density at radius 1 is 0.526 bits per heavy atom. The van der Waals surface area contributed by atoms with Gasteiger partial charge in [-0.05, 0) is 30.5 Å². The van der Waals surface area contributed by atoms with Gasteiger partial charge in [-0.2, -0.15) is 0 Å². The highest BCUT2D eigenvalue weighted by Gasteiger charge is 1.98. The monoisotopic (exact) mass is 284 g/mol. The van der Waals surface area contributed by atoms with Crippen molar-refractivity contribution in [2.45, 2.75) is 110 Å². The van der Waals surface area contributed by atoms with Gasteiger partial charge in [-0.15, -0.1) is 0 Å². The maximum Gasteiger partial charge on any atom is -0.00715 e. The second kappa shape index (κ2) is 16.1. The molecule has 0 atom stereocenters. The average Bonchev–Trinajstić information content (AvgIpc) is 2.41. The molecule has 0 aliphatic carbocycles. The Labute approximate surface area is 127 Å². The molecule has 0 N–H and O–H groups in total. The third-order valence-corrected chi connectivity index (χ3v) is 4.28. The van der Waals surface area contributed by atoms with E-state index in [2.05, 4.69) is 13.8 Å². The van der Waals surface area contributed by atoms with Crippen molar-refractivity contribution in [2.75, 3.05) is 0 Å². The van der Waals surface area contributed by atoms with E-state index >= 15 is 0 Å². The lowest BCUT2D eigenvalue weighted by Crippen LogP contribution is -1.95. The predicted molar refractivity (Wildman–Crippen MR) is 93.2 cm³/mol. The largest absolute Gasteiger partial charge is 0.0897 e. The lowest BCUT2D eigenvalue weighted by Gasteiger charge is -2.04. The van der Waals surface area contributed by atoms with Crippen LogP contribution >= 0.6 is 12.2 Å². The molecule has 0 aliphatic rings. The first-order valence-corrected chi connectivity index (χ1v) is 9.23. The van der Waals surface area contributed by atoms with E-state index in [-0.39, 0.29) is 0 Å². The first kappa shape index (κ1) is 19.1. The lowest BCUT2D eigenvalue weighted by atomic mass is 10.0. The molecular formula is C18H36S. The second-order valence-corrected chi connectivity index (χ2v) is 6.51. The minimum Gasteiger partial charge on any atom is -0.0897 e. The zero-order valence-electron chi connectivity index (χ0n) is 13.5. The van der Waals surface area contributed by atoms with Gasteiger partial charge in [0, 0.05) is 0 Å². The van der Waals surface area contributed by atoms with Gasteiger partial charge in [0.2, 0.25) is 0 Å². The van der Waals surface area contributed by atoms with E-state index in [1.54, 1.807) is 0 Å². The Hall–Kier alpha value is 0.0900. The van der Waals surface area contributed by atoms with Crippen LogP contribution in [-0.4, -0.2) is 4.86 Å². The summed E-state index contributed by atoms with van der Waals surface area (Å²) in [6.07, 6.45) is 20.5. The van der Waals surface area contributed by atoms with Gasteiger partial charge in [0.15, 0.2) is 0 Å². The van der Waals surface area contributed by atoms with Crippen LogP contribution in [0.25, 0.3) is 0 Å². The van der Waals surface area contributed by atoms with Gasteiger partial charge in [-0.3, -0.25) is 0 Å². The average molecular weight is 285 g/mol. The molecule has 0 unspecified atom stereocenters. The van der Waals surface area contributed by atoms with Gasteiger partial charge in [0.1, 0.15) is 0 Å². The molecule has 0 spiro atoms. The molecule has 0 saturated carbocycles. The maximum absolute atomic E-state index is 5.47. The summed E-state index contributed by atoms with van der Waals surface area (Å²) in [6, 6.07) is 0. The van der Waals surface area contributed by atoms with Crippen LogP contribution in [0.1, 0.15) is 110 Å². The van der Waals surface area contributed by atoms with E-state index in [1.807, 2.05) is 0 Å². The van der Waals surface area contributed by atoms with Crippen molar-refractivity contribution in [3.63, 3.8) is 0 Å². The molecule has 0 radical (unpaired) electrons. The number of unbranched alkanes of at least 4 members (excludes halogenated alkanes) is 11. The van der Waals surface area contributed by atoms with Crippen LogP contribution in [-0.2, 0) is 0 Å². The van der Waals surface area contributed by atoms with Crippen molar-refractivity contribution in [3.05, 3.63) is 0 Å². The maximum atomic E-state index is 5.47. The molecule has 0 nitrogen and oxygen atoms in total. The van der Waals surface area contributed by atoms with Crippen LogP contribution in [0.4, 0.5) is 0 Å². The molecule has 0 aromatic heterocycles. The SMILES string of the molecule is CCCCCCCCCCC(=S)CCCCCCC. The van der Waals surface area contributed by atoms with Gasteiger partial charge < -0.3 is 0 Å². The molecule has 0 fully saturated rings. The summed E-state index contributed by atoms with van der Waals surface area (Å²) in [6.45, 7) is 4.55. The summed E-state index contributed by atoms with van der Waals surface area (Å²) in [5, 5.41) is 0. The van der Waals surface area contributed by atoms with E-state index < -0.39 is 0 Å². The number of rotatable bonds is 15. The molecule has 0 aromatic carbocycles. The number of hydrogen-bond donors (Lipinski definition) is 0. The Balaban J connectivity index is 3.12. The fourth-order valence-electron chi connectivity index (χ4n) is 2.51. The Kier molecular flexibility index (Phi) is 16.2. The summed E-state index contributed by atoms with van der Waals surface area (Å²) in [5.74, 6) is 0. The highest BCUT2D eigenvalue weighted by atomic mass is 32.1. The smallest absolute Gasteiger partial charge is 0.00715 e. The molecule has 19 heavy (non-hydrogen) atoms. The summed E-state index contributed by atoms with van der Waals surface area (Å²) < 4.78 is 0. The van der Waals surface area contributed by atoms with Crippen LogP contribution in [0.3, 0.4) is 0 Å². The molecule has 0 rings (SSSR count). The first-order valence-electron chi connectivity index (χ1n) is 8.83. The Bertz CT molecular complexity index is 186. The second-order valence-electron chi connectivity index (χ2n) is 5.93. The van der Waals surface area contributed by atoms with E-state index in [0.29, 0.717) is 0 Å². The predicted octanol–water partition coefficient (Wildman–Crippen LogP) is 7.25. The van der Waals surface area contributed by atoms with Gasteiger partial charge in [0.25, 0.3) is 0 Å². The third kappa shape index (κ3) is 16.0. The van der Waals surface area contributed by atoms with Gasteiger partial charge >= 0.3 is 0 Å². The molecule has 1 heteroatoms. The molecule has 0 aliphatic heterocycles. The minimum atomic E-state index is 1.20. The quantitative estimate of drug-likeness (QED) is 0.225. The van der Waals surface area contributed by atoms with Gasteiger partial charge in [0.05, 0.1) is 0 Å². The van der Waals surface area contributed by atoms with Crippen LogP contribution in [0, 0.1) is 0 Å². The van der Waals surface area contributed by atoms with E-state index in [1.165, 1.54) is 101 Å². The van der Waals surface area contributed by atoms with Crippen molar-refractivity contribution in [2.24, 2.45) is 0 Å². The van der Waals surface area contributed by atoms with Crippen molar-refractivity contribution in [3.8, 4) is 0 Å². The summed E-state index contributed by atoms with van der Waals surface area (Å²) >= 11 is 5.47. The van der Waals surface area contributed by atoms with E-state index in [4.69, 9.17) is 12.2 Å². The molecule has 0 saturated heterocycles. The van der Waals surface area contributed by atoms with Crippen LogP contribution in [0.15, 0.2) is 0 Å². The topological polar surface area (TPSA) is 0 Å². The molecule has 114 valence electrons. The summed E-state index contributed by atoms with van der Waals surface area (Å²) in [4.78, 5) is 1.34. The molecular weight excluding hydrogens is 248 g/mol. The van der Waals surface area contributed by atoms with Gasteiger partial charge in [-0.25, -0.2) is 0 Å². The van der Waals surface area contributed by atoms with Crippen molar-refractivity contribution >= 4 is 17.1 Å². The summed E-state index contributed by atoms with van der Waals surface area (Å²) in [5.41, 5.74) is 0. The van der Waals surface area contributed by atoms with Crippen LogP contribution in [0.2, 0.25) is 0 Å². The number of thiocarbonyl (C=S) groups is 1. The van der Waals surface area contributed by atoms with Gasteiger partial charge in [-0.1, -0.05) is 96.7 Å². The van der Waals surface area contributed by atoms with Crippen molar-refractivity contribution in [1.82, 2.24) is 0 Å². The molecule has 0 bridgehead atoms. The zero-order valence-corrected chi connectivity index (χ0v) is 14.3. The van der Waals surface area contributed by atoms with Crippen LogP contribution < -0.4 is 0 Å². The van der Waals surface area contributed by atoms with Crippen molar-refractivity contribution in [1.29, 1.82) is 0 Å². The minimum absolute atomic E-state index is 1.20. The Morgan fingerprint density at radius 3 is 1.21 bits per heavy atom. The third-order valence-electron chi connectivity index (χ3n) is 3.87. The molecule has 0 amide bonds. The highest BCUT2D eigenvalue weighted by Crippen LogP contribution is 2.12. The standard InChI is InChI=1S/C18H36S/c1-3-5-7-9-10-11-13-15-17-18(19)16-14-12-8-6-4-2/h3-17H2,1-2H3. The molecule has 0 aromatic rings. The highest BCUT2D eigenvalue weighted by molar-refractivity contribution is 7.80. The Morgan fingerprint density at radius 2 is 0.842 bits per heavy atom. The lowest BCUT2D eigenvalue weighted by molar-refractivity contribution is 0.579. The van der Waals surface area contributed by atoms with E-state index in [0.717, 1.165) is 0 Å². The zero-order chi connectivity index (χ0) is 14.2. The fraction of sp³-hybridized carbons (Fsp3) is 0.944. The molecule has 0 heterocycles. The van der Waals surface area contributed by atoms with Crippen LogP contribution in [0.5, 0.6) is 0 Å². The first-order chi connectivity index (χ1) is 9.31.